The molecular formula is C14H24N2S2. The maximum absolute atomic E-state index is 4.89. The van der Waals surface area contributed by atoms with Crippen molar-refractivity contribution in [1.82, 2.24) is 10.3 Å². The quantitative estimate of drug-likeness (QED) is 0.794. The van der Waals surface area contributed by atoms with Gasteiger partial charge in [-0.25, -0.2) is 4.98 Å². The van der Waals surface area contributed by atoms with Gasteiger partial charge < -0.3 is 5.32 Å². The molecule has 0 bridgehead atoms. The molecule has 0 amide bonds. The van der Waals surface area contributed by atoms with Crippen molar-refractivity contribution >= 4 is 23.1 Å². The first-order valence-corrected chi connectivity index (χ1v) is 9.02. The Balaban J connectivity index is 2.02. The highest BCUT2D eigenvalue weighted by Gasteiger charge is 2.21. The summed E-state index contributed by atoms with van der Waals surface area (Å²) >= 11 is 4.05. The molecule has 1 N–H and O–H groups in total. The molecule has 4 heteroatoms. The van der Waals surface area contributed by atoms with Gasteiger partial charge in [0.25, 0.3) is 0 Å². The minimum Gasteiger partial charge on any atom is -0.312 e. The lowest BCUT2D eigenvalue weighted by Crippen LogP contribution is -2.13. The minimum atomic E-state index is 0.675. The Morgan fingerprint density at radius 3 is 2.89 bits per heavy atom. The number of hydrogen-bond acceptors (Lipinski definition) is 4. The molecular weight excluding hydrogens is 260 g/mol. The van der Waals surface area contributed by atoms with E-state index in [2.05, 4.69) is 30.9 Å². The predicted octanol–water partition coefficient (Wildman–Crippen LogP) is 4.16. The summed E-state index contributed by atoms with van der Waals surface area (Å²) in [6.45, 7) is 6.54. The van der Waals surface area contributed by atoms with E-state index in [0.717, 1.165) is 19.5 Å². The number of thioether (sulfide) groups is 1. The van der Waals surface area contributed by atoms with Gasteiger partial charge in [0.05, 0.1) is 10.9 Å². The first-order valence-electron chi connectivity index (χ1n) is 7.16. The van der Waals surface area contributed by atoms with Crippen molar-refractivity contribution in [2.24, 2.45) is 0 Å². The van der Waals surface area contributed by atoms with Crippen LogP contribution in [0, 0.1) is 0 Å². The van der Waals surface area contributed by atoms with Crippen LogP contribution >= 0.6 is 23.1 Å². The average Bonchev–Trinajstić information content (AvgIpc) is 2.83. The van der Waals surface area contributed by atoms with Crippen LogP contribution in [0.25, 0.3) is 0 Å². The van der Waals surface area contributed by atoms with Crippen LogP contribution in [0.4, 0.5) is 0 Å². The third kappa shape index (κ3) is 3.72. The van der Waals surface area contributed by atoms with Crippen LogP contribution in [0.1, 0.15) is 60.4 Å². The third-order valence-electron chi connectivity index (χ3n) is 3.30. The summed E-state index contributed by atoms with van der Waals surface area (Å²) in [6, 6.07) is 0. The molecule has 0 aromatic carbocycles. The molecule has 18 heavy (non-hydrogen) atoms. The monoisotopic (exact) mass is 284 g/mol. The van der Waals surface area contributed by atoms with Crippen molar-refractivity contribution in [3.8, 4) is 0 Å². The Morgan fingerprint density at radius 2 is 2.22 bits per heavy atom. The van der Waals surface area contributed by atoms with Crippen LogP contribution in [0.2, 0.25) is 0 Å². The summed E-state index contributed by atoms with van der Waals surface area (Å²) < 4.78 is 0. The van der Waals surface area contributed by atoms with Gasteiger partial charge in [0.2, 0.25) is 0 Å². The first kappa shape index (κ1) is 14.4. The third-order valence-corrected chi connectivity index (χ3v) is 6.04. The molecule has 2 heterocycles. The summed E-state index contributed by atoms with van der Waals surface area (Å²) in [5, 5.41) is 5.56. The second-order valence-corrected chi connectivity index (χ2v) is 7.23. The van der Waals surface area contributed by atoms with Gasteiger partial charge in [-0.05, 0) is 38.0 Å². The van der Waals surface area contributed by atoms with E-state index >= 15 is 0 Å². The van der Waals surface area contributed by atoms with Crippen molar-refractivity contribution in [2.45, 2.75) is 57.7 Å². The molecule has 2 nitrogen and oxygen atoms in total. The van der Waals surface area contributed by atoms with E-state index in [4.69, 9.17) is 4.98 Å². The second-order valence-electron chi connectivity index (χ2n) is 4.81. The molecule has 0 spiro atoms. The summed E-state index contributed by atoms with van der Waals surface area (Å²) in [6.07, 6.45) is 6.35. The Kier molecular flexibility index (Phi) is 5.99. The first-order chi connectivity index (χ1) is 8.85. The molecule has 102 valence electrons. The number of nitrogens with one attached hydrogen (secondary N) is 1. The Hall–Kier alpha value is -0.0600. The van der Waals surface area contributed by atoms with Crippen LogP contribution in [-0.4, -0.2) is 17.3 Å². The van der Waals surface area contributed by atoms with Crippen molar-refractivity contribution in [3.05, 3.63) is 15.6 Å². The van der Waals surface area contributed by atoms with Gasteiger partial charge in [0.15, 0.2) is 0 Å². The van der Waals surface area contributed by atoms with Crippen LogP contribution in [0.15, 0.2) is 0 Å². The van der Waals surface area contributed by atoms with Gasteiger partial charge in [0, 0.05) is 11.4 Å². The molecule has 1 aliphatic heterocycles. The Bertz CT molecular complexity index is 357. The van der Waals surface area contributed by atoms with E-state index < -0.39 is 0 Å². The summed E-state index contributed by atoms with van der Waals surface area (Å²) in [5.41, 5.74) is 1.32. The molecule has 1 aromatic heterocycles. The normalized spacial score (nSPS) is 20.2. The van der Waals surface area contributed by atoms with Crippen LogP contribution < -0.4 is 5.32 Å². The lowest BCUT2D eigenvalue weighted by molar-refractivity contribution is 0.674. The molecule has 1 aliphatic rings. The van der Waals surface area contributed by atoms with Gasteiger partial charge in [0.1, 0.15) is 5.01 Å². The van der Waals surface area contributed by atoms with Crippen molar-refractivity contribution in [2.75, 3.05) is 12.3 Å². The van der Waals surface area contributed by atoms with Crippen molar-refractivity contribution in [1.29, 1.82) is 0 Å². The number of hydrogen-bond donors (Lipinski definition) is 1. The molecule has 2 rings (SSSR count). The highest BCUT2D eigenvalue weighted by molar-refractivity contribution is 7.99. The Morgan fingerprint density at radius 1 is 1.33 bits per heavy atom. The topological polar surface area (TPSA) is 24.9 Å². The fourth-order valence-corrected chi connectivity index (χ4v) is 4.94. The molecule has 1 fully saturated rings. The Labute approximate surface area is 119 Å². The van der Waals surface area contributed by atoms with Crippen molar-refractivity contribution < 1.29 is 0 Å². The molecule has 1 saturated heterocycles. The number of aromatic nitrogens is 1. The molecule has 0 radical (unpaired) electrons. The number of thiazole rings is 1. The standard InChI is InChI=1S/C14H24N2S2/c1-3-8-15-10-13-11(4-2)16-14(18-13)12-7-5-6-9-17-12/h12,15H,3-10H2,1-2H3. The SMILES string of the molecule is CCCNCc1sc(C2CCCCS2)nc1CC. The maximum atomic E-state index is 4.89. The van der Waals surface area contributed by atoms with Crippen LogP contribution in [0.3, 0.4) is 0 Å². The van der Waals surface area contributed by atoms with E-state index in [1.807, 2.05) is 11.3 Å². The van der Waals surface area contributed by atoms with Gasteiger partial charge in [-0.15, -0.1) is 11.3 Å². The highest BCUT2D eigenvalue weighted by Crippen LogP contribution is 2.40. The van der Waals surface area contributed by atoms with E-state index in [1.165, 1.54) is 47.0 Å². The van der Waals surface area contributed by atoms with E-state index in [9.17, 15) is 0 Å². The largest absolute Gasteiger partial charge is 0.312 e. The van der Waals surface area contributed by atoms with Crippen molar-refractivity contribution in [3.63, 3.8) is 0 Å². The summed E-state index contributed by atoms with van der Waals surface area (Å²) in [5.74, 6) is 1.31. The zero-order valence-electron chi connectivity index (χ0n) is 11.5. The van der Waals surface area contributed by atoms with Gasteiger partial charge in [-0.2, -0.15) is 11.8 Å². The lowest BCUT2D eigenvalue weighted by atomic mass is 10.2. The summed E-state index contributed by atoms with van der Waals surface area (Å²) in [7, 11) is 0. The molecule has 1 atom stereocenters. The fraction of sp³-hybridized carbons (Fsp3) is 0.786. The second kappa shape index (κ2) is 7.51. The van der Waals surface area contributed by atoms with E-state index in [0.29, 0.717) is 5.25 Å². The van der Waals surface area contributed by atoms with Gasteiger partial charge in [-0.3, -0.25) is 0 Å². The van der Waals surface area contributed by atoms with Crippen LogP contribution in [-0.2, 0) is 13.0 Å². The van der Waals surface area contributed by atoms with E-state index in [1.54, 1.807) is 0 Å². The average molecular weight is 284 g/mol. The highest BCUT2D eigenvalue weighted by atomic mass is 32.2. The minimum absolute atomic E-state index is 0.675. The van der Waals surface area contributed by atoms with Crippen LogP contribution in [0.5, 0.6) is 0 Å². The smallest absolute Gasteiger partial charge is 0.106 e. The predicted molar refractivity (Wildman–Crippen MR) is 82.5 cm³/mol. The zero-order chi connectivity index (χ0) is 12.8. The van der Waals surface area contributed by atoms with E-state index in [-0.39, 0.29) is 0 Å². The number of aryl methyl sites for hydroxylation is 1. The van der Waals surface area contributed by atoms with Gasteiger partial charge >= 0.3 is 0 Å². The number of rotatable bonds is 6. The van der Waals surface area contributed by atoms with Gasteiger partial charge in [-0.1, -0.05) is 20.3 Å². The molecule has 1 unspecified atom stereocenters. The molecule has 1 aromatic rings. The zero-order valence-corrected chi connectivity index (χ0v) is 13.1. The lowest BCUT2D eigenvalue weighted by Gasteiger charge is -2.18. The number of nitrogens with zero attached hydrogens (tertiary/aromatic N) is 1. The maximum Gasteiger partial charge on any atom is 0.106 e. The molecule has 0 aliphatic carbocycles. The summed E-state index contributed by atoms with van der Waals surface area (Å²) in [4.78, 5) is 6.35. The fourth-order valence-electron chi connectivity index (χ4n) is 2.27. The molecule has 0 saturated carbocycles.